The summed E-state index contributed by atoms with van der Waals surface area (Å²) in [6.45, 7) is 6.96. The van der Waals surface area contributed by atoms with Gasteiger partial charge in [-0.15, -0.1) is 0 Å². The van der Waals surface area contributed by atoms with Crippen LogP contribution in [0.25, 0.3) is 0 Å². The summed E-state index contributed by atoms with van der Waals surface area (Å²) in [7, 11) is 0. The number of nitrogens with two attached hydrogens (primary N) is 1. The molecular formula is C16H27N3O. The Kier molecular flexibility index (Phi) is 7.73. The largest absolute Gasteiger partial charge is 0.372 e. The molecule has 20 heavy (non-hydrogen) atoms. The van der Waals surface area contributed by atoms with Gasteiger partial charge in [0.05, 0.1) is 0 Å². The van der Waals surface area contributed by atoms with Crippen LogP contribution < -0.4 is 16.0 Å². The predicted molar refractivity (Wildman–Crippen MR) is 86.2 cm³/mol. The molecule has 0 fully saturated rings. The maximum atomic E-state index is 11.8. The van der Waals surface area contributed by atoms with Gasteiger partial charge in [0.1, 0.15) is 0 Å². The molecule has 0 aromatic heterocycles. The fraction of sp³-hybridized carbons (Fsp3) is 0.562. The van der Waals surface area contributed by atoms with E-state index in [-0.39, 0.29) is 5.91 Å². The van der Waals surface area contributed by atoms with E-state index in [9.17, 15) is 4.79 Å². The second-order valence-corrected chi connectivity index (χ2v) is 4.87. The first-order valence-electron chi connectivity index (χ1n) is 7.56. The van der Waals surface area contributed by atoms with Crippen LogP contribution in [0.3, 0.4) is 0 Å². The van der Waals surface area contributed by atoms with Crippen LogP contribution in [0.1, 0.15) is 39.5 Å². The van der Waals surface area contributed by atoms with E-state index in [1.165, 1.54) is 5.69 Å². The van der Waals surface area contributed by atoms with Gasteiger partial charge in [0.2, 0.25) is 5.91 Å². The van der Waals surface area contributed by atoms with Crippen molar-refractivity contribution in [2.75, 3.05) is 29.9 Å². The topological polar surface area (TPSA) is 58.4 Å². The lowest BCUT2D eigenvalue weighted by Crippen LogP contribution is -2.21. The number of benzene rings is 1. The van der Waals surface area contributed by atoms with E-state index in [4.69, 9.17) is 5.73 Å². The van der Waals surface area contributed by atoms with Crippen molar-refractivity contribution in [2.24, 2.45) is 5.73 Å². The van der Waals surface area contributed by atoms with E-state index in [2.05, 4.69) is 36.2 Å². The Morgan fingerprint density at radius 2 is 1.75 bits per heavy atom. The van der Waals surface area contributed by atoms with Crippen LogP contribution in [-0.4, -0.2) is 25.5 Å². The molecule has 0 radical (unpaired) electrons. The Morgan fingerprint density at radius 1 is 1.10 bits per heavy atom. The molecule has 0 heterocycles. The minimum absolute atomic E-state index is 0.0811. The smallest absolute Gasteiger partial charge is 0.224 e. The number of hydrogen-bond acceptors (Lipinski definition) is 3. The zero-order chi connectivity index (χ0) is 14.8. The summed E-state index contributed by atoms with van der Waals surface area (Å²) >= 11 is 0. The Balaban J connectivity index is 2.42. The van der Waals surface area contributed by atoms with Crippen LogP contribution >= 0.6 is 0 Å². The molecule has 0 aliphatic heterocycles. The van der Waals surface area contributed by atoms with Crippen molar-refractivity contribution in [3.05, 3.63) is 24.3 Å². The predicted octanol–water partition coefficient (Wildman–Crippen LogP) is 2.99. The molecule has 0 unspecified atom stereocenters. The first-order valence-corrected chi connectivity index (χ1v) is 7.56. The van der Waals surface area contributed by atoms with Gasteiger partial charge in [0.15, 0.2) is 0 Å². The molecule has 0 atom stereocenters. The van der Waals surface area contributed by atoms with E-state index in [0.29, 0.717) is 13.0 Å². The van der Waals surface area contributed by atoms with Crippen LogP contribution in [0.15, 0.2) is 24.3 Å². The molecule has 112 valence electrons. The van der Waals surface area contributed by atoms with E-state index >= 15 is 0 Å². The number of amides is 1. The van der Waals surface area contributed by atoms with Gasteiger partial charge in [-0.25, -0.2) is 0 Å². The number of rotatable bonds is 9. The third-order valence-electron chi connectivity index (χ3n) is 3.39. The Hall–Kier alpha value is -1.55. The van der Waals surface area contributed by atoms with Crippen LogP contribution in [0.5, 0.6) is 0 Å². The highest BCUT2D eigenvalue weighted by molar-refractivity contribution is 5.90. The monoisotopic (exact) mass is 277 g/mol. The van der Waals surface area contributed by atoms with Crippen molar-refractivity contribution in [1.82, 2.24) is 0 Å². The quantitative estimate of drug-likeness (QED) is 0.682. The minimum Gasteiger partial charge on any atom is -0.372 e. The Morgan fingerprint density at radius 3 is 2.30 bits per heavy atom. The third kappa shape index (κ3) is 5.61. The fourth-order valence-electron chi connectivity index (χ4n) is 2.17. The highest BCUT2D eigenvalue weighted by Gasteiger charge is 2.04. The van der Waals surface area contributed by atoms with Gasteiger partial charge in [0, 0.05) is 30.9 Å². The molecule has 1 aromatic rings. The summed E-state index contributed by atoms with van der Waals surface area (Å²) in [5.74, 6) is 0.0811. The molecule has 0 saturated carbocycles. The zero-order valence-corrected chi connectivity index (χ0v) is 12.7. The van der Waals surface area contributed by atoms with Gasteiger partial charge in [-0.1, -0.05) is 6.42 Å². The second-order valence-electron chi connectivity index (χ2n) is 4.87. The van der Waals surface area contributed by atoms with Crippen LogP contribution in [0.2, 0.25) is 0 Å². The number of anilines is 2. The summed E-state index contributed by atoms with van der Waals surface area (Å²) in [4.78, 5) is 14.0. The van der Waals surface area contributed by atoms with Gasteiger partial charge in [-0.2, -0.15) is 0 Å². The molecule has 0 aliphatic rings. The number of carbonyl (C=O) groups is 1. The molecule has 0 spiro atoms. The highest BCUT2D eigenvalue weighted by atomic mass is 16.1. The van der Waals surface area contributed by atoms with E-state index < -0.39 is 0 Å². The lowest BCUT2D eigenvalue weighted by atomic mass is 10.2. The summed E-state index contributed by atoms with van der Waals surface area (Å²) < 4.78 is 0. The van der Waals surface area contributed by atoms with E-state index in [0.717, 1.165) is 38.0 Å². The average molecular weight is 277 g/mol. The standard InChI is InChI=1S/C16H27N3O/c1-3-19(4-2)15-11-9-14(10-12-15)18-16(20)8-6-5-7-13-17/h9-12H,3-8,13,17H2,1-2H3,(H,18,20). The molecule has 3 N–H and O–H groups in total. The normalized spacial score (nSPS) is 10.3. The molecule has 0 aliphatic carbocycles. The van der Waals surface area contributed by atoms with Gasteiger partial charge >= 0.3 is 0 Å². The number of carbonyl (C=O) groups excluding carboxylic acids is 1. The number of hydrogen-bond donors (Lipinski definition) is 2. The van der Waals surface area contributed by atoms with Crippen molar-refractivity contribution in [3.8, 4) is 0 Å². The number of nitrogens with one attached hydrogen (secondary N) is 1. The van der Waals surface area contributed by atoms with E-state index in [1.807, 2.05) is 12.1 Å². The van der Waals surface area contributed by atoms with Gasteiger partial charge in [0.25, 0.3) is 0 Å². The Labute approximate surface area is 122 Å². The first-order chi connectivity index (χ1) is 9.71. The molecular weight excluding hydrogens is 250 g/mol. The summed E-state index contributed by atoms with van der Waals surface area (Å²) in [6, 6.07) is 8.03. The molecule has 1 rings (SSSR count). The van der Waals surface area contributed by atoms with Crippen molar-refractivity contribution in [2.45, 2.75) is 39.5 Å². The van der Waals surface area contributed by atoms with Crippen molar-refractivity contribution >= 4 is 17.3 Å². The second kappa shape index (κ2) is 9.37. The molecule has 1 amide bonds. The summed E-state index contributed by atoms with van der Waals surface area (Å²) in [5.41, 5.74) is 7.48. The number of nitrogens with zero attached hydrogens (tertiary/aromatic N) is 1. The molecule has 1 aromatic carbocycles. The molecule has 0 saturated heterocycles. The maximum absolute atomic E-state index is 11.8. The zero-order valence-electron chi connectivity index (χ0n) is 12.7. The average Bonchev–Trinajstić information content (AvgIpc) is 2.47. The van der Waals surface area contributed by atoms with Gasteiger partial charge in [-0.3, -0.25) is 4.79 Å². The molecule has 4 heteroatoms. The number of unbranched alkanes of at least 4 members (excludes halogenated alkanes) is 2. The first kappa shape index (κ1) is 16.5. The molecule has 0 bridgehead atoms. The SMILES string of the molecule is CCN(CC)c1ccc(NC(=O)CCCCCN)cc1. The van der Waals surface area contributed by atoms with Gasteiger partial charge in [-0.05, 0) is 57.5 Å². The maximum Gasteiger partial charge on any atom is 0.224 e. The van der Waals surface area contributed by atoms with Crippen LogP contribution in [-0.2, 0) is 4.79 Å². The van der Waals surface area contributed by atoms with Crippen LogP contribution in [0, 0.1) is 0 Å². The van der Waals surface area contributed by atoms with Gasteiger partial charge < -0.3 is 16.0 Å². The van der Waals surface area contributed by atoms with Crippen molar-refractivity contribution in [1.29, 1.82) is 0 Å². The van der Waals surface area contributed by atoms with Crippen molar-refractivity contribution in [3.63, 3.8) is 0 Å². The molecule has 4 nitrogen and oxygen atoms in total. The van der Waals surface area contributed by atoms with Crippen molar-refractivity contribution < 1.29 is 4.79 Å². The minimum atomic E-state index is 0.0811. The van der Waals surface area contributed by atoms with Crippen LogP contribution in [0.4, 0.5) is 11.4 Å². The Bertz CT molecular complexity index is 385. The highest BCUT2D eigenvalue weighted by Crippen LogP contribution is 2.18. The third-order valence-corrected chi connectivity index (χ3v) is 3.39. The summed E-state index contributed by atoms with van der Waals surface area (Å²) in [6.07, 6.45) is 3.48. The fourth-order valence-corrected chi connectivity index (χ4v) is 2.17. The lowest BCUT2D eigenvalue weighted by molar-refractivity contribution is -0.116. The lowest BCUT2D eigenvalue weighted by Gasteiger charge is -2.21. The van der Waals surface area contributed by atoms with E-state index in [1.54, 1.807) is 0 Å². The summed E-state index contributed by atoms with van der Waals surface area (Å²) in [5, 5.41) is 2.93.